The summed E-state index contributed by atoms with van der Waals surface area (Å²) in [7, 11) is 0. The van der Waals surface area contributed by atoms with Gasteiger partial charge in [-0.2, -0.15) is 0 Å². The van der Waals surface area contributed by atoms with Crippen LogP contribution >= 0.6 is 39.9 Å². The minimum Gasteiger partial charge on any atom is -0.322 e. The quantitative estimate of drug-likeness (QED) is 0.579. The average Bonchev–Trinajstić information content (AvgIpc) is 2.86. The number of thiocarbonyl (C=S) groups is 1. The molecule has 1 heterocycles. The number of hydrogen-bond donors (Lipinski definition) is 2. The molecular weight excluding hydrogens is 408 g/mol. The third kappa shape index (κ3) is 4.11. The summed E-state index contributed by atoms with van der Waals surface area (Å²) in [6.45, 7) is 0. The van der Waals surface area contributed by atoms with Crippen LogP contribution in [-0.4, -0.2) is 16.1 Å². The van der Waals surface area contributed by atoms with Crippen LogP contribution in [0.3, 0.4) is 0 Å². The number of carbonyl (C=O) groups is 2. The number of amides is 2. The molecule has 24 heavy (non-hydrogen) atoms. The van der Waals surface area contributed by atoms with Crippen molar-refractivity contribution in [1.82, 2.24) is 5.32 Å². The first-order valence-electron chi connectivity index (χ1n) is 6.93. The van der Waals surface area contributed by atoms with E-state index in [4.69, 9.17) is 12.2 Å². The van der Waals surface area contributed by atoms with Gasteiger partial charge in [0.25, 0.3) is 11.8 Å². The van der Waals surface area contributed by atoms with Crippen LogP contribution in [0.2, 0.25) is 0 Å². The predicted octanol–water partition coefficient (Wildman–Crippen LogP) is 4.19. The first-order chi connectivity index (χ1) is 11.5. The number of rotatable bonds is 3. The molecule has 0 unspecified atom stereocenters. The van der Waals surface area contributed by atoms with Crippen LogP contribution in [0.5, 0.6) is 0 Å². The van der Waals surface area contributed by atoms with Crippen molar-refractivity contribution in [3.8, 4) is 0 Å². The Labute approximate surface area is 156 Å². The van der Waals surface area contributed by atoms with Crippen molar-refractivity contribution < 1.29 is 9.59 Å². The number of anilines is 1. The molecule has 2 N–H and O–H groups in total. The molecule has 0 spiro atoms. The Bertz CT molecular complexity index is 863. The van der Waals surface area contributed by atoms with Crippen LogP contribution in [0.25, 0.3) is 6.08 Å². The van der Waals surface area contributed by atoms with Crippen molar-refractivity contribution >= 4 is 67.8 Å². The molecule has 4 nitrogen and oxygen atoms in total. The largest absolute Gasteiger partial charge is 0.322 e. The Balaban J connectivity index is 1.77. The van der Waals surface area contributed by atoms with E-state index in [0.29, 0.717) is 20.5 Å². The Morgan fingerprint density at radius 1 is 1.21 bits per heavy atom. The standard InChI is InChI=1S/C17H11BrN2O2S2/c18-12-6-4-11(5-7-12)15(21)19-13-3-1-2-10(8-13)9-14-16(22)20-17(23)24-14/h1-9H,(H,19,21)(H,20,22,23). The zero-order chi connectivity index (χ0) is 17.1. The van der Waals surface area contributed by atoms with E-state index in [2.05, 4.69) is 26.6 Å². The molecule has 0 bridgehead atoms. The first-order valence-corrected chi connectivity index (χ1v) is 8.95. The van der Waals surface area contributed by atoms with Gasteiger partial charge in [0.1, 0.15) is 4.32 Å². The van der Waals surface area contributed by atoms with E-state index in [1.165, 1.54) is 11.8 Å². The van der Waals surface area contributed by atoms with E-state index in [0.717, 1.165) is 10.0 Å². The maximum atomic E-state index is 12.2. The monoisotopic (exact) mass is 418 g/mol. The number of nitrogens with one attached hydrogen (secondary N) is 2. The fourth-order valence-electron chi connectivity index (χ4n) is 2.08. The van der Waals surface area contributed by atoms with Gasteiger partial charge >= 0.3 is 0 Å². The highest BCUT2D eigenvalue weighted by atomic mass is 79.9. The molecule has 0 saturated carbocycles. The minimum absolute atomic E-state index is 0.193. The second-order valence-electron chi connectivity index (χ2n) is 4.94. The lowest BCUT2D eigenvalue weighted by molar-refractivity contribution is -0.115. The van der Waals surface area contributed by atoms with Crippen LogP contribution in [0, 0.1) is 0 Å². The highest BCUT2D eigenvalue weighted by Crippen LogP contribution is 2.26. The van der Waals surface area contributed by atoms with Gasteiger partial charge in [0, 0.05) is 15.7 Å². The average molecular weight is 419 g/mol. The summed E-state index contributed by atoms with van der Waals surface area (Å²) >= 11 is 9.53. The van der Waals surface area contributed by atoms with Gasteiger partial charge in [0.15, 0.2) is 0 Å². The van der Waals surface area contributed by atoms with Crippen molar-refractivity contribution in [2.45, 2.75) is 0 Å². The van der Waals surface area contributed by atoms with Crippen LogP contribution in [0.4, 0.5) is 5.69 Å². The molecule has 2 aromatic rings. The summed E-state index contributed by atoms with van der Waals surface area (Å²) in [6.07, 6.45) is 1.74. The topological polar surface area (TPSA) is 58.2 Å². The summed E-state index contributed by atoms with van der Waals surface area (Å²) in [4.78, 5) is 24.5. The van der Waals surface area contributed by atoms with Gasteiger partial charge in [-0.1, -0.05) is 52.0 Å². The summed E-state index contributed by atoms with van der Waals surface area (Å²) in [5.74, 6) is -0.393. The molecule has 1 aliphatic rings. The Morgan fingerprint density at radius 3 is 2.62 bits per heavy atom. The molecule has 120 valence electrons. The fraction of sp³-hybridized carbons (Fsp3) is 0. The summed E-state index contributed by atoms with van der Waals surface area (Å²) in [5.41, 5.74) is 2.03. The maximum absolute atomic E-state index is 12.2. The Morgan fingerprint density at radius 2 is 1.96 bits per heavy atom. The zero-order valence-corrected chi connectivity index (χ0v) is 15.4. The number of benzene rings is 2. The molecule has 1 aliphatic heterocycles. The van der Waals surface area contributed by atoms with E-state index in [-0.39, 0.29) is 11.8 Å². The van der Waals surface area contributed by atoms with Crippen LogP contribution in [0.15, 0.2) is 57.9 Å². The molecule has 2 aromatic carbocycles. The van der Waals surface area contributed by atoms with Gasteiger partial charge in [0.05, 0.1) is 4.91 Å². The van der Waals surface area contributed by atoms with Crippen molar-refractivity contribution in [3.63, 3.8) is 0 Å². The van der Waals surface area contributed by atoms with Crippen LogP contribution in [0.1, 0.15) is 15.9 Å². The summed E-state index contributed by atoms with van der Waals surface area (Å²) < 4.78 is 1.36. The normalized spacial score (nSPS) is 15.5. The molecule has 1 saturated heterocycles. The molecule has 0 atom stereocenters. The van der Waals surface area contributed by atoms with Crippen LogP contribution in [-0.2, 0) is 4.79 Å². The van der Waals surface area contributed by atoms with E-state index >= 15 is 0 Å². The molecule has 2 amide bonds. The smallest absolute Gasteiger partial charge is 0.263 e. The lowest BCUT2D eigenvalue weighted by Gasteiger charge is -2.06. The lowest BCUT2D eigenvalue weighted by atomic mass is 10.1. The molecule has 0 aliphatic carbocycles. The molecule has 1 fully saturated rings. The second kappa shape index (κ2) is 7.29. The fourth-order valence-corrected chi connectivity index (χ4v) is 3.39. The molecule has 0 radical (unpaired) electrons. The van der Waals surface area contributed by atoms with Gasteiger partial charge in [0.2, 0.25) is 0 Å². The van der Waals surface area contributed by atoms with Crippen molar-refractivity contribution in [2.75, 3.05) is 5.32 Å². The van der Waals surface area contributed by atoms with Crippen molar-refractivity contribution in [3.05, 3.63) is 69.0 Å². The lowest BCUT2D eigenvalue weighted by Crippen LogP contribution is -2.17. The van der Waals surface area contributed by atoms with Gasteiger partial charge in [-0.25, -0.2) is 0 Å². The van der Waals surface area contributed by atoms with Crippen molar-refractivity contribution in [2.24, 2.45) is 0 Å². The summed E-state index contributed by atoms with van der Waals surface area (Å²) in [5, 5.41) is 5.42. The Kier molecular flexibility index (Phi) is 5.13. The third-order valence-corrected chi connectivity index (χ3v) is 4.88. The highest BCUT2D eigenvalue weighted by Gasteiger charge is 2.21. The SMILES string of the molecule is O=C1NC(=S)SC1=Cc1cccc(NC(=O)c2ccc(Br)cc2)c1. The Hall–Kier alpha value is -1.96. The molecular formula is C17H11BrN2O2S2. The van der Waals surface area contributed by atoms with E-state index in [1.54, 1.807) is 30.3 Å². The third-order valence-electron chi connectivity index (χ3n) is 3.19. The zero-order valence-electron chi connectivity index (χ0n) is 12.2. The van der Waals surface area contributed by atoms with Gasteiger partial charge in [-0.3, -0.25) is 9.59 Å². The maximum Gasteiger partial charge on any atom is 0.263 e. The second-order valence-corrected chi connectivity index (χ2v) is 7.57. The molecule has 3 rings (SSSR count). The van der Waals surface area contributed by atoms with Gasteiger partial charge < -0.3 is 10.6 Å². The minimum atomic E-state index is -0.200. The summed E-state index contributed by atoms with van der Waals surface area (Å²) in [6, 6.07) is 14.4. The highest BCUT2D eigenvalue weighted by molar-refractivity contribution is 9.10. The number of halogens is 1. The number of carbonyl (C=O) groups excluding carboxylic acids is 2. The van der Waals surface area contributed by atoms with Crippen LogP contribution < -0.4 is 10.6 Å². The number of hydrogen-bond acceptors (Lipinski definition) is 4. The van der Waals surface area contributed by atoms with E-state index in [1.807, 2.05) is 24.3 Å². The molecule has 7 heteroatoms. The van der Waals surface area contributed by atoms with E-state index < -0.39 is 0 Å². The van der Waals surface area contributed by atoms with Gasteiger partial charge in [-0.05, 0) is 48.0 Å². The number of thioether (sulfide) groups is 1. The van der Waals surface area contributed by atoms with E-state index in [9.17, 15) is 9.59 Å². The van der Waals surface area contributed by atoms with Gasteiger partial charge in [-0.15, -0.1) is 0 Å². The molecule has 0 aromatic heterocycles. The van der Waals surface area contributed by atoms with Crippen molar-refractivity contribution in [1.29, 1.82) is 0 Å². The predicted molar refractivity (Wildman–Crippen MR) is 105 cm³/mol. The first kappa shape index (κ1) is 16.9.